The van der Waals surface area contributed by atoms with Crippen molar-refractivity contribution in [3.05, 3.63) is 253 Å². The number of fused-ring (bicyclic) bond motifs is 1. The number of rotatable bonds is 12. The molecule has 12 rings (SSSR count). The molecule has 0 aliphatic heterocycles. The number of aromatic hydroxyl groups is 1. The van der Waals surface area contributed by atoms with Crippen LogP contribution < -0.4 is 0 Å². The average Bonchev–Trinajstić information content (AvgIpc) is 4.19. The number of aromatic nitrogens is 3. The molecule has 9 aromatic carbocycles. The fourth-order valence-corrected chi connectivity index (χ4v) is 10.9. The zero-order valence-electron chi connectivity index (χ0n) is 43.2. The van der Waals surface area contributed by atoms with Crippen LogP contribution in [0.2, 0.25) is 0 Å². The van der Waals surface area contributed by atoms with Crippen molar-refractivity contribution in [3.63, 3.8) is 0 Å². The number of phenols is 1. The minimum atomic E-state index is -1.51. The first-order valence-electron chi connectivity index (χ1n) is 26.6. The first-order valence-corrected chi connectivity index (χ1v) is 25.6. The second kappa shape index (κ2) is 19.5. The van der Waals surface area contributed by atoms with Crippen LogP contribution in [-0.2, 0) is 11.8 Å². The maximum atomic E-state index is 12.5. The Morgan fingerprint density at radius 3 is 1.81 bits per heavy atom. The molecule has 0 bridgehead atoms. The average molecular weight is 946 g/mol. The van der Waals surface area contributed by atoms with Gasteiger partial charge in [0.05, 0.1) is 28.0 Å². The van der Waals surface area contributed by atoms with Gasteiger partial charge in [-0.2, -0.15) is 0 Å². The van der Waals surface area contributed by atoms with Gasteiger partial charge in [-0.25, -0.2) is 4.98 Å². The van der Waals surface area contributed by atoms with Gasteiger partial charge in [-0.05, 0) is 123 Å². The number of nitrogens with zero attached hydrogens (tertiary/aromatic N) is 3. The van der Waals surface area contributed by atoms with Crippen LogP contribution in [0.3, 0.4) is 0 Å². The lowest BCUT2D eigenvalue weighted by atomic mass is 9.77. The van der Waals surface area contributed by atoms with Crippen molar-refractivity contribution in [3.8, 4) is 89.7 Å². The number of benzene rings is 9. The molecule has 0 spiro atoms. The van der Waals surface area contributed by atoms with E-state index >= 15 is 0 Å². The largest absolute Gasteiger partial charge is 0.507 e. The second-order valence-corrected chi connectivity index (χ2v) is 19.9. The Balaban J connectivity index is 1.06. The summed E-state index contributed by atoms with van der Waals surface area (Å²) in [7, 11) is 0. The number of para-hydroxylation sites is 2. The molecular weight excluding hydrogens is 887 g/mol. The molecule has 1 saturated carbocycles. The summed E-state index contributed by atoms with van der Waals surface area (Å²) in [5.74, 6) is 0.656. The molecule has 0 saturated heterocycles. The fourth-order valence-electron chi connectivity index (χ4n) is 10.9. The smallest absolute Gasteiger partial charge is 0.149 e. The van der Waals surface area contributed by atoms with Crippen LogP contribution in [-0.4, -0.2) is 19.6 Å². The molecule has 2 aromatic heterocycles. The molecule has 73 heavy (non-hydrogen) atoms. The normalized spacial score (nSPS) is 13.5. The molecule has 354 valence electrons. The van der Waals surface area contributed by atoms with Crippen molar-refractivity contribution < 1.29 is 7.85 Å². The van der Waals surface area contributed by atoms with Gasteiger partial charge in [0.25, 0.3) is 0 Å². The Hall–Kier alpha value is -8.60. The molecule has 11 aromatic rings. The van der Waals surface area contributed by atoms with Crippen LogP contribution in [0.25, 0.3) is 95.0 Å². The first-order chi connectivity index (χ1) is 36.6. The van der Waals surface area contributed by atoms with Crippen molar-refractivity contribution in [2.24, 2.45) is 5.92 Å². The second-order valence-electron chi connectivity index (χ2n) is 19.9. The third kappa shape index (κ3) is 8.95. The summed E-state index contributed by atoms with van der Waals surface area (Å²) < 4.78 is 21.2. The molecule has 4 nitrogen and oxygen atoms in total. The van der Waals surface area contributed by atoms with Crippen molar-refractivity contribution in [2.45, 2.75) is 51.3 Å². The number of hydrogen-bond acceptors (Lipinski definition) is 3. The zero-order chi connectivity index (χ0) is 51.1. The van der Waals surface area contributed by atoms with Crippen LogP contribution in [0.1, 0.15) is 59.0 Å². The molecule has 1 aliphatic rings. The predicted octanol–water partition coefficient (Wildman–Crippen LogP) is 17.9. The van der Waals surface area contributed by atoms with Gasteiger partial charge in [0.1, 0.15) is 11.6 Å². The van der Waals surface area contributed by atoms with Gasteiger partial charge in [-0.3, -0.25) is 9.55 Å². The highest BCUT2D eigenvalue weighted by molar-refractivity contribution is 5.99. The van der Waals surface area contributed by atoms with E-state index in [-0.39, 0.29) is 17.1 Å². The number of hydrogen-bond donors (Lipinski definition) is 1. The summed E-state index contributed by atoms with van der Waals surface area (Å²) in [6, 6.07) is 79.5. The fraction of sp³-hybridized carbons (Fsp3) is 0.130. The minimum absolute atomic E-state index is 0.0467. The van der Waals surface area contributed by atoms with E-state index in [1.54, 1.807) is 0 Å². The summed E-state index contributed by atoms with van der Waals surface area (Å²) in [5.41, 5.74) is 17.5. The molecule has 0 unspecified atom stereocenters. The highest BCUT2D eigenvalue weighted by Crippen LogP contribution is 2.45. The van der Waals surface area contributed by atoms with Gasteiger partial charge >= 0.3 is 0 Å². The van der Waals surface area contributed by atoms with Crippen molar-refractivity contribution in [2.75, 3.05) is 0 Å². The predicted molar refractivity (Wildman–Crippen MR) is 303 cm³/mol. The van der Waals surface area contributed by atoms with Gasteiger partial charge in [0, 0.05) is 36.6 Å². The Morgan fingerprint density at radius 2 is 1.07 bits per heavy atom. The Morgan fingerprint density at radius 1 is 0.493 bits per heavy atom. The van der Waals surface area contributed by atoms with Crippen LogP contribution in [0, 0.1) is 5.92 Å². The molecule has 1 N–H and O–H groups in total. The highest BCUT2D eigenvalue weighted by atomic mass is 16.3. The molecule has 4 heteroatoms. The summed E-state index contributed by atoms with van der Waals surface area (Å²) in [6.45, 7) is 4.56. The topological polar surface area (TPSA) is 50.9 Å². The van der Waals surface area contributed by atoms with Gasteiger partial charge in [-0.15, -0.1) is 0 Å². The van der Waals surface area contributed by atoms with E-state index in [9.17, 15) is 7.85 Å². The van der Waals surface area contributed by atoms with Crippen LogP contribution in [0.4, 0.5) is 0 Å². The van der Waals surface area contributed by atoms with E-state index in [0.29, 0.717) is 22.5 Å². The maximum absolute atomic E-state index is 12.5. The van der Waals surface area contributed by atoms with Gasteiger partial charge in [0.15, 0.2) is 0 Å². The monoisotopic (exact) mass is 945 g/mol. The van der Waals surface area contributed by atoms with Crippen molar-refractivity contribution in [1.29, 1.82) is 0 Å². The van der Waals surface area contributed by atoms with Gasteiger partial charge in [0.2, 0.25) is 0 Å². The third-order valence-corrected chi connectivity index (χ3v) is 14.9. The molecular formula is C69H57N3O. The summed E-state index contributed by atoms with van der Waals surface area (Å²) in [6.07, 6.45) is 4.26. The molecule has 0 amide bonds. The third-order valence-electron chi connectivity index (χ3n) is 14.9. The summed E-state index contributed by atoms with van der Waals surface area (Å²) in [5, 5.41) is 12.5. The SMILES string of the molecule is [2H]C([2H])(c1ccc(-n2c(-c3cccc(-c4ccccc4)c3O)nc3c(-c4cc(-c5ccccc5)cc(-c5cc(-c6cccc(C(C)(C)c7ccccc7)c6)ccn5)c4)cccc32)c(-c2ccccc2)c1)C1CCCC1. The molecule has 0 atom stereocenters. The van der Waals surface area contributed by atoms with Crippen LogP contribution in [0.15, 0.2) is 237 Å². The summed E-state index contributed by atoms with van der Waals surface area (Å²) in [4.78, 5) is 10.7. The lowest BCUT2D eigenvalue weighted by Gasteiger charge is -2.26. The molecule has 0 radical (unpaired) electrons. The minimum Gasteiger partial charge on any atom is -0.507 e. The number of imidazole rings is 1. The first kappa shape index (κ1) is 43.2. The standard InChI is InChI=1S/C69H57N3O/c1-69(2,57-29-13-6-14-30-57)58-31-17-28-52(45-58)53-38-39-70-63(46-53)56-43-54(49-22-7-3-8-23-49)42-55(44-56)59-32-19-35-65-66(59)71-68(61-34-18-33-60(67(61)73)50-24-9-4-10-25-50)72(65)64-37-36-48(40-47-20-15-16-21-47)41-62(64)51-26-11-5-12-27-51/h3-14,17-19,22-39,41-47,73H,15-16,20-21,40H2,1-2H3/i40D2. The Kier molecular flexibility index (Phi) is 11.6. The number of pyridine rings is 1. The summed E-state index contributed by atoms with van der Waals surface area (Å²) >= 11 is 0. The van der Waals surface area contributed by atoms with Crippen LogP contribution >= 0.6 is 0 Å². The Bertz CT molecular complexity index is 3840. The maximum Gasteiger partial charge on any atom is 0.149 e. The molecule has 1 aliphatic carbocycles. The van der Waals surface area contributed by atoms with E-state index < -0.39 is 6.37 Å². The van der Waals surface area contributed by atoms with E-state index in [0.717, 1.165) is 104 Å². The lowest BCUT2D eigenvalue weighted by molar-refractivity contribution is 0.479. The highest BCUT2D eigenvalue weighted by Gasteiger charge is 2.26. The van der Waals surface area contributed by atoms with E-state index in [4.69, 9.17) is 9.97 Å². The van der Waals surface area contributed by atoms with E-state index in [2.05, 4.69) is 170 Å². The number of phenolic OH excluding ortho intramolecular Hbond substituents is 1. The van der Waals surface area contributed by atoms with Gasteiger partial charge in [-0.1, -0.05) is 215 Å². The van der Waals surface area contributed by atoms with Gasteiger partial charge < -0.3 is 5.11 Å². The van der Waals surface area contributed by atoms with Crippen LogP contribution in [0.5, 0.6) is 5.75 Å². The van der Waals surface area contributed by atoms with E-state index in [1.165, 1.54) is 11.1 Å². The Labute approximate surface area is 431 Å². The molecule has 1 fully saturated rings. The van der Waals surface area contributed by atoms with E-state index in [1.807, 2.05) is 85.1 Å². The van der Waals surface area contributed by atoms with Crippen molar-refractivity contribution >= 4 is 11.0 Å². The van der Waals surface area contributed by atoms with Crippen molar-refractivity contribution in [1.82, 2.24) is 14.5 Å². The molecule has 2 heterocycles. The quantitative estimate of drug-likeness (QED) is 0.133. The lowest BCUT2D eigenvalue weighted by Crippen LogP contribution is -2.18. The zero-order valence-corrected chi connectivity index (χ0v) is 41.2.